The van der Waals surface area contributed by atoms with E-state index in [0.717, 1.165) is 37.2 Å². The zero-order chi connectivity index (χ0) is 13.2. The van der Waals surface area contributed by atoms with Gasteiger partial charge in [0.1, 0.15) is 6.07 Å². The molecule has 2 atom stereocenters. The lowest BCUT2D eigenvalue weighted by Gasteiger charge is -2.42. The molecule has 3 rings (SSSR count). The van der Waals surface area contributed by atoms with Gasteiger partial charge in [-0.1, -0.05) is 12.1 Å². The second-order valence-electron chi connectivity index (χ2n) is 5.34. The summed E-state index contributed by atoms with van der Waals surface area (Å²) in [6, 6.07) is 10.3. The van der Waals surface area contributed by atoms with Crippen molar-refractivity contribution in [3.63, 3.8) is 0 Å². The van der Waals surface area contributed by atoms with Crippen molar-refractivity contribution in [3.8, 4) is 6.07 Å². The molecule has 0 radical (unpaired) electrons. The van der Waals surface area contributed by atoms with Crippen LogP contribution in [0.4, 0.5) is 5.69 Å². The molecular weight excluding hydrogens is 238 g/mol. The summed E-state index contributed by atoms with van der Waals surface area (Å²) in [4.78, 5) is 13.7. The number of benzene rings is 1. The Kier molecular flexibility index (Phi) is 3.12. The number of para-hydroxylation sites is 1. The van der Waals surface area contributed by atoms with E-state index in [-0.39, 0.29) is 5.91 Å². The maximum absolute atomic E-state index is 11.4. The highest BCUT2D eigenvalue weighted by molar-refractivity contribution is 5.77. The minimum absolute atomic E-state index is 0.187. The van der Waals surface area contributed by atoms with E-state index in [2.05, 4.69) is 16.3 Å². The molecule has 1 aromatic carbocycles. The van der Waals surface area contributed by atoms with Gasteiger partial charge in [-0.15, -0.1) is 0 Å². The summed E-state index contributed by atoms with van der Waals surface area (Å²) in [6.07, 6.45) is 2.56. The van der Waals surface area contributed by atoms with Crippen molar-refractivity contribution in [1.29, 1.82) is 5.26 Å². The number of carbonyl (C=O) groups is 1. The Morgan fingerprint density at radius 1 is 1.32 bits per heavy atom. The third-order valence-corrected chi connectivity index (χ3v) is 4.19. The molecule has 2 aliphatic rings. The molecule has 0 saturated carbocycles. The third kappa shape index (κ3) is 2.28. The zero-order valence-electron chi connectivity index (χ0n) is 10.8. The van der Waals surface area contributed by atoms with Gasteiger partial charge in [-0.2, -0.15) is 5.26 Å². The van der Waals surface area contributed by atoms with Crippen LogP contribution in [0.5, 0.6) is 0 Å². The van der Waals surface area contributed by atoms with Gasteiger partial charge in [0.05, 0.1) is 11.3 Å². The highest BCUT2D eigenvalue weighted by Crippen LogP contribution is 2.30. The van der Waals surface area contributed by atoms with Gasteiger partial charge >= 0.3 is 0 Å². The normalized spacial score (nSPS) is 26.3. The van der Waals surface area contributed by atoms with E-state index in [0.29, 0.717) is 18.4 Å². The lowest BCUT2D eigenvalue weighted by molar-refractivity contribution is -0.124. The van der Waals surface area contributed by atoms with Crippen LogP contribution in [0, 0.1) is 17.2 Å². The molecule has 1 aromatic rings. The first-order chi connectivity index (χ1) is 9.28. The molecule has 0 aromatic heterocycles. The molecular formula is C15H17N3O. The topological polar surface area (TPSA) is 56.1 Å². The van der Waals surface area contributed by atoms with Gasteiger partial charge in [-0.3, -0.25) is 4.79 Å². The minimum atomic E-state index is 0.187. The first-order valence-electron chi connectivity index (χ1n) is 6.81. The monoisotopic (exact) mass is 255 g/mol. The molecule has 2 aliphatic heterocycles. The minimum Gasteiger partial charge on any atom is -0.370 e. The summed E-state index contributed by atoms with van der Waals surface area (Å²) in [5.41, 5.74) is 1.76. The van der Waals surface area contributed by atoms with Gasteiger partial charge in [0.2, 0.25) is 5.91 Å². The van der Waals surface area contributed by atoms with Gasteiger partial charge in [0, 0.05) is 25.6 Å². The summed E-state index contributed by atoms with van der Waals surface area (Å²) in [7, 11) is 0. The van der Waals surface area contributed by atoms with Crippen LogP contribution in [-0.2, 0) is 4.79 Å². The van der Waals surface area contributed by atoms with Gasteiger partial charge in [-0.25, -0.2) is 0 Å². The molecule has 2 fully saturated rings. The standard InChI is InChI=1S/C15H17N3O/c16-9-11-3-1-2-4-14(11)18-8-7-13-12(10-18)5-6-15(19)17-13/h1-4,12-13H,5-8,10H2,(H,17,19). The van der Waals surface area contributed by atoms with Crippen molar-refractivity contribution in [2.24, 2.45) is 5.92 Å². The highest BCUT2D eigenvalue weighted by Gasteiger charge is 2.34. The zero-order valence-corrected chi connectivity index (χ0v) is 10.8. The van der Waals surface area contributed by atoms with E-state index in [9.17, 15) is 10.1 Å². The van der Waals surface area contributed by atoms with Crippen LogP contribution in [0.3, 0.4) is 0 Å². The van der Waals surface area contributed by atoms with Gasteiger partial charge in [0.15, 0.2) is 0 Å². The number of anilines is 1. The number of rotatable bonds is 1. The number of hydrogen-bond acceptors (Lipinski definition) is 3. The Labute approximate surface area is 113 Å². The summed E-state index contributed by atoms with van der Waals surface area (Å²) >= 11 is 0. The maximum Gasteiger partial charge on any atom is 0.220 e. The molecule has 1 amide bonds. The van der Waals surface area contributed by atoms with E-state index in [1.165, 1.54) is 0 Å². The van der Waals surface area contributed by atoms with Crippen molar-refractivity contribution in [1.82, 2.24) is 5.32 Å². The van der Waals surface area contributed by atoms with E-state index in [4.69, 9.17) is 0 Å². The quantitative estimate of drug-likeness (QED) is 0.830. The van der Waals surface area contributed by atoms with Crippen molar-refractivity contribution >= 4 is 11.6 Å². The molecule has 0 bridgehead atoms. The Hall–Kier alpha value is -2.02. The maximum atomic E-state index is 11.4. The smallest absolute Gasteiger partial charge is 0.220 e. The summed E-state index contributed by atoms with van der Waals surface area (Å²) in [5.74, 6) is 0.699. The van der Waals surface area contributed by atoms with E-state index in [1.54, 1.807) is 0 Å². The van der Waals surface area contributed by atoms with Crippen molar-refractivity contribution < 1.29 is 4.79 Å². The van der Waals surface area contributed by atoms with Crippen LogP contribution >= 0.6 is 0 Å². The number of fused-ring (bicyclic) bond motifs is 1. The first-order valence-corrected chi connectivity index (χ1v) is 6.81. The van der Waals surface area contributed by atoms with E-state index in [1.807, 2.05) is 24.3 Å². The lowest BCUT2D eigenvalue weighted by atomic mass is 9.85. The molecule has 0 spiro atoms. The number of nitrogens with one attached hydrogen (secondary N) is 1. The van der Waals surface area contributed by atoms with Gasteiger partial charge < -0.3 is 10.2 Å². The van der Waals surface area contributed by atoms with Crippen molar-refractivity contribution in [3.05, 3.63) is 29.8 Å². The average molecular weight is 255 g/mol. The molecule has 2 heterocycles. The van der Waals surface area contributed by atoms with E-state index >= 15 is 0 Å². The molecule has 19 heavy (non-hydrogen) atoms. The van der Waals surface area contributed by atoms with Crippen LogP contribution in [0.1, 0.15) is 24.8 Å². The van der Waals surface area contributed by atoms with E-state index < -0.39 is 0 Å². The Bertz CT molecular complexity index is 534. The van der Waals surface area contributed by atoms with Gasteiger partial charge in [-0.05, 0) is 30.9 Å². The molecule has 0 aliphatic carbocycles. The van der Waals surface area contributed by atoms with Crippen LogP contribution in [0.2, 0.25) is 0 Å². The molecule has 98 valence electrons. The molecule has 4 heteroatoms. The van der Waals surface area contributed by atoms with Crippen LogP contribution in [0.25, 0.3) is 0 Å². The Balaban J connectivity index is 1.78. The summed E-state index contributed by atoms with van der Waals surface area (Å²) < 4.78 is 0. The van der Waals surface area contributed by atoms with Gasteiger partial charge in [0.25, 0.3) is 0 Å². The fourth-order valence-corrected chi connectivity index (χ4v) is 3.17. The molecule has 2 unspecified atom stereocenters. The SMILES string of the molecule is N#Cc1ccccc1N1CCC2NC(=O)CCC2C1. The molecule has 4 nitrogen and oxygen atoms in total. The van der Waals surface area contributed by atoms with Crippen molar-refractivity contribution in [2.75, 3.05) is 18.0 Å². The fourth-order valence-electron chi connectivity index (χ4n) is 3.17. The summed E-state index contributed by atoms with van der Waals surface area (Å²) in [5, 5.41) is 12.3. The second-order valence-corrected chi connectivity index (χ2v) is 5.34. The number of piperidine rings is 2. The average Bonchev–Trinajstić information content (AvgIpc) is 2.46. The van der Waals surface area contributed by atoms with Crippen molar-refractivity contribution in [2.45, 2.75) is 25.3 Å². The predicted octanol–water partition coefficient (Wildman–Crippen LogP) is 1.66. The molecule has 2 saturated heterocycles. The predicted molar refractivity (Wildman–Crippen MR) is 72.6 cm³/mol. The largest absolute Gasteiger partial charge is 0.370 e. The number of hydrogen-bond donors (Lipinski definition) is 1. The van der Waals surface area contributed by atoms with Crippen LogP contribution < -0.4 is 10.2 Å². The fraction of sp³-hybridized carbons (Fsp3) is 0.467. The number of amides is 1. The highest BCUT2D eigenvalue weighted by atomic mass is 16.1. The Morgan fingerprint density at radius 3 is 3.00 bits per heavy atom. The Morgan fingerprint density at radius 2 is 2.16 bits per heavy atom. The number of nitrogens with zero attached hydrogens (tertiary/aromatic N) is 2. The number of nitriles is 1. The van der Waals surface area contributed by atoms with Crippen LogP contribution in [0.15, 0.2) is 24.3 Å². The first kappa shape index (κ1) is 12.0. The lowest BCUT2D eigenvalue weighted by Crippen LogP contribution is -2.54. The third-order valence-electron chi connectivity index (χ3n) is 4.19. The molecule has 1 N–H and O–H groups in total. The number of carbonyl (C=O) groups excluding carboxylic acids is 1. The van der Waals surface area contributed by atoms with Crippen LogP contribution in [-0.4, -0.2) is 25.0 Å². The summed E-state index contributed by atoms with van der Waals surface area (Å²) in [6.45, 7) is 1.84. The second kappa shape index (κ2) is 4.93.